The minimum absolute atomic E-state index is 0.140. The van der Waals surface area contributed by atoms with Crippen LogP contribution >= 0.6 is 11.8 Å². The molecule has 0 atom stereocenters. The number of aryl methyl sites for hydroxylation is 1. The molecule has 106 valence electrons. The molecule has 1 saturated heterocycles. The van der Waals surface area contributed by atoms with Gasteiger partial charge in [-0.05, 0) is 26.0 Å². The Morgan fingerprint density at radius 2 is 1.89 bits per heavy atom. The van der Waals surface area contributed by atoms with Crippen LogP contribution < -0.4 is 4.90 Å². The van der Waals surface area contributed by atoms with Crippen molar-refractivity contribution in [2.45, 2.75) is 31.1 Å². The molecule has 1 fully saturated rings. The number of anilines is 1. The van der Waals surface area contributed by atoms with Gasteiger partial charge in [-0.15, -0.1) is 0 Å². The molecule has 2 rings (SSSR count). The Morgan fingerprint density at radius 3 is 2.42 bits per heavy atom. The molecule has 2 heterocycles. The van der Waals surface area contributed by atoms with Gasteiger partial charge in [0.15, 0.2) is 5.16 Å². The second-order valence-corrected chi connectivity index (χ2v) is 5.43. The molecule has 0 saturated carbocycles. The van der Waals surface area contributed by atoms with Gasteiger partial charge in [0.25, 0.3) is 0 Å². The van der Waals surface area contributed by atoms with E-state index < -0.39 is 12.1 Å². The van der Waals surface area contributed by atoms with Crippen molar-refractivity contribution in [3.05, 3.63) is 11.8 Å². The molecule has 0 N–H and O–H groups in total. The van der Waals surface area contributed by atoms with Gasteiger partial charge in [-0.1, -0.05) is 11.8 Å². The van der Waals surface area contributed by atoms with E-state index in [2.05, 4.69) is 9.97 Å². The summed E-state index contributed by atoms with van der Waals surface area (Å²) in [6, 6.07) is 1.83. The summed E-state index contributed by atoms with van der Waals surface area (Å²) in [4.78, 5) is 10.5. The van der Waals surface area contributed by atoms with Gasteiger partial charge in [0.05, 0.1) is 5.92 Å². The fraction of sp³-hybridized carbons (Fsp3) is 0.667. The van der Waals surface area contributed by atoms with Crippen LogP contribution in [0.15, 0.2) is 11.2 Å². The first-order valence-corrected chi connectivity index (χ1v) is 7.34. The molecular formula is C12H16F3N3S. The van der Waals surface area contributed by atoms with Crippen LogP contribution in [-0.2, 0) is 0 Å². The van der Waals surface area contributed by atoms with Crippen molar-refractivity contribution in [2.24, 2.45) is 5.92 Å². The minimum Gasteiger partial charge on any atom is -0.356 e. The second-order valence-electron chi connectivity index (χ2n) is 4.66. The maximum atomic E-state index is 12.6. The highest BCUT2D eigenvalue weighted by Gasteiger charge is 2.41. The summed E-state index contributed by atoms with van der Waals surface area (Å²) >= 11 is 1.44. The molecule has 0 spiro atoms. The zero-order valence-electron chi connectivity index (χ0n) is 10.9. The van der Waals surface area contributed by atoms with Crippen LogP contribution in [0.4, 0.5) is 19.0 Å². The predicted molar refractivity (Wildman–Crippen MR) is 69.5 cm³/mol. The number of piperidine rings is 1. The Balaban J connectivity index is 2.07. The molecule has 3 nitrogen and oxygen atoms in total. The molecule has 19 heavy (non-hydrogen) atoms. The van der Waals surface area contributed by atoms with E-state index in [4.69, 9.17) is 0 Å². The van der Waals surface area contributed by atoms with E-state index >= 15 is 0 Å². The molecule has 0 radical (unpaired) electrons. The van der Waals surface area contributed by atoms with E-state index in [1.54, 1.807) is 0 Å². The van der Waals surface area contributed by atoms with Crippen LogP contribution in [0.1, 0.15) is 18.5 Å². The van der Waals surface area contributed by atoms with Gasteiger partial charge in [0.2, 0.25) is 0 Å². The first kappa shape index (κ1) is 14.4. The molecule has 0 bridgehead atoms. The van der Waals surface area contributed by atoms with E-state index in [-0.39, 0.29) is 12.8 Å². The number of hydrogen-bond donors (Lipinski definition) is 0. The summed E-state index contributed by atoms with van der Waals surface area (Å²) in [5, 5.41) is 0.660. The number of rotatable bonds is 2. The van der Waals surface area contributed by atoms with Crippen molar-refractivity contribution >= 4 is 17.6 Å². The van der Waals surface area contributed by atoms with E-state index in [0.29, 0.717) is 18.2 Å². The van der Waals surface area contributed by atoms with Gasteiger partial charge >= 0.3 is 6.18 Å². The van der Waals surface area contributed by atoms with Crippen LogP contribution in [0.5, 0.6) is 0 Å². The van der Waals surface area contributed by atoms with Gasteiger partial charge in [-0.3, -0.25) is 0 Å². The third kappa shape index (κ3) is 3.52. The first-order chi connectivity index (χ1) is 8.90. The highest BCUT2D eigenvalue weighted by molar-refractivity contribution is 7.98. The third-order valence-corrected chi connectivity index (χ3v) is 3.83. The van der Waals surface area contributed by atoms with Crippen molar-refractivity contribution in [2.75, 3.05) is 24.2 Å². The zero-order chi connectivity index (χ0) is 14.0. The molecule has 1 aliphatic rings. The second kappa shape index (κ2) is 5.56. The SMILES string of the molecule is CSc1nc(C)cc(N2CCC(C(F)(F)F)CC2)n1. The smallest absolute Gasteiger partial charge is 0.356 e. The molecule has 1 aromatic rings. The predicted octanol–water partition coefficient (Wildman–Crippen LogP) is 3.29. The van der Waals surface area contributed by atoms with E-state index in [0.717, 1.165) is 11.5 Å². The Kier molecular flexibility index (Phi) is 4.23. The van der Waals surface area contributed by atoms with Crippen LogP contribution in [-0.4, -0.2) is 35.5 Å². The van der Waals surface area contributed by atoms with Gasteiger partial charge in [-0.2, -0.15) is 13.2 Å². The highest BCUT2D eigenvalue weighted by Crippen LogP contribution is 2.35. The lowest BCUT2D eigenvalue weighted by atomic mass is 9.96. The fourth-order valence-corrected chi connectivity index (χ4v) is 2.63. The maximum absolute atomic E-state index is 12.6. The first-order valence-electron chi connectivity index (χ1n) is 6.11. The molecule has 7 heteroatoms. The molecular weight excluding hydrogens is 275 g/mol. The highest BCUT2D eigenvalue weighted by atomic mass is 32.2. The number of aromatic nitrogens is 2. The van der Waals surface area contributed by atoms with Crippen LogP contribution in [0.3, 0.4) is 0 Å². The van der Waals surface area contributed by atoms with Crippen LogP contribution in [0.2, 0.25) is 0 Å². The molecule has 0 aromatic carbocycles. The average molecular weight is 291 g/mol. The number of alkyl halides is 3. The van der Waals surface area contributed by atoms with Crippen LogP contribution in [0, 0.1) is 12.8 Å². The van der Waals surface area contributed by atoms with E-state index in [1.165, 1.54) is 11.8 Å². The zero-order valence-corrected chi connectivity index (χ0v) is 11.7. The normalized spacial score (nSPS) is 17.8. The summed E-state index contributed by atoms with van der Waals surface area (Å²) in [5.74, 6) is -0.441. The monoisotopic (exact) mass is 291 g/mol. The summed E-state index contributed by atoms with van der Waals surface area (Å²) in [6.45, 7) is 2.66. The number of hydrogen-bond acceptors (Lipinski definition) is 4. The van der Waals surface area contributed by atoms with Gasteiger partial charge in [0.1, 0.15) is 5.82 Å². The Hall–Kier alpha value is -0.980. The Labute approximate surface area is 114 Å². The largest absolute Gasteiger partial charge is 0.391 e. The molecule has 0 unspecified atom stereocenters. The summed E-state index contributed by atoms with van der Waals surface area (Å²) in [7, 11) is 0. The lowest BCUT2D eigenvalue weighted by Crippen LogP contribution is -2.39. The van der Waals surface area contributed by atoms with Crippen LogP contribution in [0.25, 0.3) is 0 Å². The fourth-order valence-electron chi connectivity index (χ4n) is 2.21. The number of nitrogens with zero attached hydrogens (tertiary/aromatic N) is 3. The Morgan fingerprint density at radius 1 is 1.26 bits per heavy atom. The van der Waals surface area contributed by atoms with Crippen molar-refractivity contribution < 1.29 is 13.2 Å². The lowest BCUT2D eigenvalue weighted by molar-refractivity contribution is -0.179. The Bertz CT molecular complexity index is 442. The summed E-state index contributed by atoms with van der Waals surface area (Å²) in [6.07, 6.45) is -1.91. The molecule has 0 amide bonds. The average Bonchev–Trinajstić information content (AvgIpc) is 2.37. The lowest BCUT2D eigenvalue weighted by Gasteiger charge is -2.33. The molecule has 0 aliphatic carbocycles. The summed E-state index contributed by atoms with van der Waals surface area (Å²) in [5.41, 5.74) is 0.840. The third-order valence-electron chi connectivity index (χ3n) is 3.28. The van der Waals surface area contributed by atoms with Gasteiger partial charge in [-0.25, -0.2) is 9.97 Å². The molecule has 1 aromatic heterocycles. The van der Waals surface area contributed by atoms with Gasteiger partial charge in [0, 0.05) is 24.8 Å². The van der Waals surface area contributed by atoms with Crippen molar-refractivity contribution in [3.8, 4) is 0 Å². The standard InChI is InChI=1S/C12H16F3N3S/c1-8-7-10(17-11(16-8)19-2)18-5-3-9(4-6-18)12(13,14)15/h7,9H,3-6H2,1-2H3. The quantitative estimate of drug-likeness (QED) is 0.617. The maximum Gasteiger partial charge on any atom is 0.391 e. The number of thioether (sulfide) groups is 1. The minimum atomic E-state index is -4.07. The van der Waals surface area contributed by atoms with E-state index in [1.807, 2.05) is 24.1 Å². The van der Waals surface area contributed by atoms with Crippen molar-refractivity contribution in [3.63, 3.8) is 0 Å². The number of halogens is 3. The van der Waals surface area contributed by atoms with Crippen molar-refractivity contribution in [1.29, 1.82) is 0 Å². The van der Waals surface area contributed by atoms with Crippen molar-refractivity contribution in [1.82, 2.24) is 9.97 Å². The van der Waals surface area contributed by atoms with Gasteiger partial charge < -0.3 is 4.90 Å². The molecule has 1 aliphatic heterocycles. The topological polar surface area (TPSA) is 29.0 Å². The summed E-state index contributed by atoms with van der Waals surface area (Å²) < 4.78 is 37.8. The van der Waals surface area contributed by atoms with E-state index in [9.17, 15) is 13.2 Å².